The predicted octanol–water partition coefficient (Wildman–Crippen LogP) is 3.55. The zero-order valence-electron chi connectivity index (χ0n) is 16.5. The first-order chi connectivity index (χ1) is 14.0. The fourth-order valence-corrected chi connectivity index (χ4v) is 2.43. The number of hydrogen-bond acceptors (Lipinski definition) is 7. The normalized spacial score (nSPS) is 10.6. The van der Waals surface area contributed by atoms with Gasteiger partial charge in [0.25, 0.3) is 11.6 Å². The Morgan fingerprint density at radius 2 is 1.59 bits per heavy atom. The summed E-state index contributed by atoms with van der Waals surface area (Å²) in [6.45, 7) is 6.73. The van der Waals surface area contributed by atoms with Crippen LogP contribution in [-0.4, -0.2) is 36.9 Å². The van der Waals surface area contributed by atoms with Crippen molar-refractivity contribution in [3.05, 3.63) is 57.6 Å². The summed E-state index contributed by atoms with van der Waals surface area (Å²) in [7, 11) is 0. The van der Waals surface area contributed by atoms with Gasteiger partial charge in [0, 0.05) is 17.7 Å². The number of carbonyl (C=O) groups excluding carboxylic acids is 1. The number of benzene rings is 2. The van der Waals surface area contributed by atoms with Crippen LogP contribution in [-0.2, 0) is 0 Å². The molecule has 0 aliphatic heterocycles. The minimum Gasteiger partial charge on any atom is -0.490 e. The SMILES string of the molecule is CCOc1cc(C(=O)N/N=C\c2ccc([N+](=O)[O-])cc2)cc(OCC)c1OCC. The maximum Gasteiger partial charge on any atom is 0.271 e. The highest BCUT2D eigenvalue weighted by Gasteiger charge is 2.18. The summed E-state index contributed by atoms with van der Waals surface area (Å²) in [5.41, 5.74) is 3.30. The van der Waals surface area contributed by atoms with Gasteiger partial charge in [0.15, 0.2) is 11.5 Å². The van der Waals surface area contributed by atoms with Crippen molar-refractivity contribution >= 4 is 17.8 Å². The number of nitrogens with one attached hydrogen (secondary N) is 1. The number of hydrazone groups is 1. The van der Waals surface area contributed by atoms with Crippen LogP contribution in [0.2, 0.25) is 0 Å². The van der Waals surface area contributed by atoms with Crippen molar-refractivity contribution < 1.29 is 23.9 Å². The monoisotopic (exact) mass is 401 g/mol. The van der Waals surface area contributed by atoms with Crippen molar-refractivity contribution in [3.8, 4) is 17.2 Å². The molecule has 2 aromatic carbocycles. The van der Waals surface area contributed by atoms with Crippen LogP contribution in [0.5, 0.6) is 17.2 Å². The van der Waals surface area contributed by atoms with Crippen molar-refractivity contribution in [3.63, 3.8) is 0 Å². The lowest BCUT2D eigenvalue weighted by atomic mass is 10.1. The molecule has 0 radical (unpaired) electrons. The van der Waals surface area contributed by atoms with Crippen LogP contribution in [0, 0.1) is 10.1 Å². The average Bonchev–Trinajstić information content (AvgIpc) is 2.70. The molecule has 9 heteroatoms. The van der Waals surface area contributed by atoms with Crippen molar-refractivity contribution in [2.45, 2.75) is 20.8 Å². The van der Waals surface area contributed by atoms with E-state index in [-0.39, 0.29) is 5.69 Å². The molecular formula is C20H23N3O6. The third-order valence-corrected chi connectivity index (χ3v) is 3.65. The van der Waals surface area contributed by atoms with Crippen molar-refractivity contribution in [2.24, 2.45) is 5.10 Å². The summed E-state index contributed by atoms with van der Waals surface area (Å²) in [5, 5.41) is 14.6. The van der Waals surface area contributed by atoms with Gasteiger partial charge in [-0.1, -0.05) is 0 Å². The minimum absolute atomic E-state index is 0.0209. The van der Waals surface area contributed by atoms with Crippen LogP contribution in [0.15, 0.2) is 41.5 Å². The fourth-order valence-electron chi connectivity index (χ4n) is 2.43. The van der Waals surface area contributed by atoms with Gasteiger partial charge in [0.2, 0.25) is 5.75 Å². The number of amides is 1. The number of carbonyl (C=O) groups is 1. The number of hydrogen-bond donors (Lipinski definition) is 1. The highest BCUT2D eigenvalue weighted by atomic mass is 16.6. The summed E-state index contributed by atoms with van der Waals surface area (Å²) in [5.74, 6) is 0.796. The molecule has 1 N–H and O–H groups in total. The van der Waals surface area contributed by atoms with Crippen LogP contribution >= 0.6 is 0 Å². The maximum atomic E-state index is 12.5. The highest BCUT2D eigenvalue weighted by molar-refractivity contribution is 5.96. The Kier molecular flexibility index (Phi) is 7.96. The topological polar surface area (TPSA) is 112 Å². The number of nitro benzene ring substituents is 1. The number of nitro groups is 1. The van der Waals surface area contributed by atoms with Gasteiger partial charge in [0.05, 0.1) is 31.0 Å². The second-order valence-electron chi connectivity index (χ2n) is 5.65. The van der Waals surface area contributed by atoms with Gasteiger partial charge >= 0.3 is 0 Å². The molecule has 2 aromatic rings. The summed E-state index contributed by atoms with van der Waals surface area (Å²) in [6, 6.07) is 8.91. The lowest BCUT2D eigenvalue weighted by Gasteiger charge is -2.16. The molecule has 29 heavy (non-hydrogen) atoms. The first kappa shape index (κ1) is 21.7. The number of nitrogens with zero attached hydrogens (tertiary/aromatic N) is 2. The van der Waals surface area contributed by atoms with Gasteiger partial charge < -0.3 is 14.2 Å². The fraction of sp³-hybridized carbons (Fsp3) is 0.300. The number of non-ortho nitro benzene ring substituents is 1. The highest BCUT2D eigenvalue weighted by Crippen LogP contribution is 2.39. The third kappa shape index (κ3) is 5.93. The lowest BCUT2D eigenvalue weighted by molar-refractivity contribution is -0.384. The molecule has 0 aliphatic rings. The molecule has 1 amide bonds. The number of rotatable bonds is 10. The Morgan fingerprint density at radius 1 is 1.03 bits per heavy atom. The Morgan fingerprint density at radius 3 is 2.07 bits per heavy atom. The van der Waals surface area contributed by atoms with E-state index in [9.17, 15) is 14.9 Å². The summed E-state index contributed by atoms with van der Waals surface area (Å²) < 4.78 is 16.8. The largest absolute Gasteiger partial charge is 0.490 e. The van der Waals surface area contributed by atoms with Crippen LogP contribution in [0.1, 0.15) is 36.7 Å². The van der Waals surface area contributed by atoms with Crippen molar-refractivity contribution in [1.82, 2.24) is 5.43 Å². The van der Waals surface area contributed by atoms with E-state index in [0.717, 1.165) is 0 Å². The standard InChI is InChI=1S/C20H23N3O6/c1-4-27-17-11-15(12-18(28-5-2)19(17)29-6-3)20(24)22-21-13-14-7-9-16(10-8-14)23(25)26/h7-13H,4-6H2,1-3H3,(H,22,24)/b21-13-. The summed E-state index contributed by atoms with van der Waals surface area (Å²) in [4.78, 5) is 22.7. The van der Waals surface area contributed by atoms with Crippen molar-refractivity contribution in [1.29, 1.82) is 0 Å². The molecule has 0 saturated carbocycles. The quantitative estimate of drug-likeness (QED) is 0.370. The van der Waals surface area contributed by atoms with Crippen LogP contribution in [0.3, 0.4) is 0 Å². The Bertz CT molecular complexity index is 853. The molecule has 0 heterocycles. The molecule has 9 nitrogen and oxygen atoms in total. The van der Waals surface area contributed by atoms with E-state index < -0.39 is 10.8 Å². The summed E-state index contributed by atoms with van der Waals surface area (Å²) >= 11 is 0. The van der Waals surface area contributed by atoms with Gasteiger partial charge in [-0.2, -0.15) is 5.10 Å². The molecule has 0 spiro atoms. The Labute approximate surface area is 168 Å². The van der Waals surface area contributed by atoms with Crippen LogP contribution < -0.4 is 19.6 Å². The smallest absolute Gasteiger partial charge is 0.271 e. The molecule has 0 saturated heterocycles. The molecule has 0 bridgehead atoms. The minimum atomic E-state index is -0.486. The van der Waals surface area contributed by atoms with Gasteiger partial charge in [0.1, 0.15) is 0 Å². The molecule has 0 aliphatic carbocycles. The first-order valence-electron chi connectivity index (χ1n) is 9.14. The molecule has 0 aromatic heterocycles. The van der Waals surface area contributed by atoms with E-state index in [4.69, 9.17) is 14.2 Å². The average molecular weight is 401 g/mol. The predicted molar refractivity (Wildman–Crippen MR) is 108 cm³/mol. The molecule has 154 valence electrons. The Hall–Kier alpha value is -3.62. The lowest BCUT2D eigenvalue weighted by Crippen LogP contribution is -2.18. The second-order valence-corrected chi connectivity index (χ2v) is 5.65. The van der Waals surface area contributed by atoms with Crippen molar-refractivity contribution in [2.75, 3.05) is 19.8 Å². The van der Waals surface area contributed by atoms with Gasteiger partial charge in [-0.05, 0) is 50.6 Å². The second kappa shape index (κ2) is 10.6. The van der Waals surface area contributed by atoms with E-state index in [1.807, 2.05) is 20.8 Å². The molecular weight excluding hydrogens is 378 g/mol. The van der Waals surface area contributed by atoms with Gasteiger partial charge in [-0.15, -0.1) is 0 Å². The number of ether oxygens (including phenoxy) is 3. The van der Waals surface area contributed by atoms with E-state index in [1.54, 1.807) is 12.1 Å². The zero-order valence-corrected chi connectivity index (χ0v) is 16.5. The zero-order chi connectivity index (χ0) is 21.2. The third-order valence-electron chi connectivity index (χ3n) is 3.65. The maximum absolute atomic E-state index is 12.5. The Balaban J connectivity index is 2.19. The summed E-state index contributed by atoms with van der Waals surface area (Å²) in [6.07, 6.45) is 1.39. The van der Waals surface area contributed by atoms with Crippen LogP contribution in [0.25, 0.3) is 0 Å². The van der Waals surface area contributed by atoms with Gasteiger partial charge in [-0.25, -0.2) is 5.43 Å². The molecule has 2 rings (SSSR count). The van der Waals surface area contributed by atoms with E-state index in [2.05, 4.69) is 10.5 Å². The van der Waals surface area contributed by atoms with E-state index in [0.29, 0.717) is 48.2 Å². The van der Waals surface area contributed by atoms with E-state index in [1.165, 1.54) is 30.5 Å². The molecule has 0 atom stereocenters. The molecule has 0 fully saturated rings. The molecule has 0 unspecified atom stereocenters. The van der Waals surface area contributed by atoms with Gasteiger partial charge in [-0.3, -0.25) is 14.9 Å². The van der Waals surface area contributed by atoms with Crippen LogP contribution in [0.4, 0.5) is 5.69 Å². The first-order valence-corrected chi connectivity index (χ1v) is 9.14. The van der Waals surface area contributed by atoms with E-state index >= 15 is 0 Å².